The van der Waals surface area contributed by atoms with Gasteiger partial charge in [0.25, 0.3) is 0 Å². The van der Waals surface area contributed by atoms with E-state index in [1.165, 1.54) is 11.1 Å². The summed E-state index contributed by atoms with van der Waals surface area (Å²) in [6.45, 7) is 0. The fourth-order valence-corrected chi connectivity index (χ4v) is 7.46. The van der Waals surface area contributed by atoms with E-state index < -0.39 is 0 Å². The summed E-state index contributed by atoms with van der Waals surface area (Å²) in [5.41, 5.74) is 15.3. The van der Waals surface area contributed by atoms with Gasteiger partial charge in [-0.2, -0.15) is 0 Å². The van der Waals surface area contributed by atoms with E-state index in [4.69, 9.17) is 14.4 Å². The fourth-order valence-electron chi connectivity index (χ4n) is 7.46. The van der Waals surface area contributed by atoms with Gasteiger partial charge in [-0.15, -0.1) is 0 Å². The number of fused-ring (bicyclic) bond motifs is 3. The molecule has 4 heteroatoms. The van der Waals surface area contributed by atoms with Gasteiger partial charge in [0.2, 0.25) is 0 Å². The molecule has 258 valence electrons. The minimum atomic E-state index is 0.669. The van der Waals surface area contributed by atoms with E-state index in [0.717, 1.165) is 83.4 Å². The number of hydrogen-bond acceptors (Lipinski definition) is 4. The molecule has 0 aliphatic carbocycles. The lowest BCUT2D eigenvalue weighted by Gasteiger charge is -2.15. The van der Waals surface area contributed by atoms with Gasteiger partial charge in [-0.25, -0.2) is 9.97 Å². The molecule has 7 aromatic carbocycles. The summed E-state index contributed by atoms with van der Waals surface area (Å²) in [6.07, 6.45) is 3.69. The highest BCUT2D eigenvalue weighted by atomic mass is 16.3. The summed E-state index contributed by atoms with van der Waals surface area (Å²) in [7, 11) is 0. The normalized spacial score (nSPS) is 11.3. The molecule has 0 bridgehead atoms. The van der Waals surface area contributed by atoms with Crippen molar-refractivity contribution in [3.63, 3.8) is 0 Å². The second kappa shape index (κ2) is 13.8. The zero-order valence-corrected chi connectivity index (χ0v) is 29.8. The van der Waals surface area contributed by atoms with Gasteiger partial charge in [0.1, 0.15) is 11.2 Å². The minimum absolute atomic E-state index is 0.669. The molecule has 10 aromatic rings. The Balaban J connectivity index is 1.20. The van der Waals surface area contributed by atoms with Gasteiger partial charge in [0.05, 0.1) is 11.4 Å². The minimum Gasteiger partial charge on any atom is -0.456 e. The summed E-state index contributed by atoms with van der Waals surface area (Å²) in [5.74, 6) is 0.669. The first-order valence-corrected chi connectivity index (χ1v) is 18.4. The Morgan fingerprint density at radius 2 is 0.909 bits per heavy atom. The lowest BCUT2D eigenvalue weighted by molar-refractivity contribution is 0.669. The molecule has 0 radical (unpaired) electrons. The van der Waals surface area contributed by atoms with Crippen molar-refractivity contribution in [3.8, 4) is 78.4 Å². The number of para-hydroxylation sites is 1. The number of benzene rings is 7. The van der Waals surface area contributed by atoms with Gasteiger partial charge in [-0.3, -0.25) is 4.98 Å². The molecule has 0 saturated carbocycles. The maximum atomic E-state index is 6.22. The van der Waals surface area contributed by atoms with Crippen molar-refractivity contribution in [1.82, 2.24) is 15.0 Å². The molecule has 0 amide bonds. The molecule has 55 heavy (non-hydrogen) atoms. The highest BCUT2D eigenvalue weighted by Crippen LogP contribution is 2.40. The third-order valence-electron chi connectivity index (χ3n) is 10.2. The van der Waals surface area contributed by atoms with Crippen LogP contribution in [0.3, 0.4) is 0 Å². The van der Waals surface area contributed by atoms with Gasteiger partial charge in [-0.05, 0) is 93.5 Å². The molecule has 0 aliphatic rings. The van der Waals surface area contributed by atoms with Crippen molar-refractivity contribution < 1.29 is 4.42 Å². The topological polar surface area (TPSA) is 51.8 Å². The second-order valence-corrected chi connectivity index (χ2v) is 13.7. The Bertz CT molecular complexity index is 2970. The van der Waals surface area contributed by atoms with Gasteiger partial charge < -0.3 is 4.42 Å². The zero-order chi connectivity index (χ0) is 36.6. The predicted octanol–water partition coefficient (Wildman–Crippen LogP) is 13.4. The first-order chi connectivity index (χ1) is 27.2. The van der Waals surface area contributed by atoms with Crippen LogP contribution in [-0.2, 0) is 0 Å². The smallest absolute Gasteiger partial charge is 0.160 e. The zero-order valence-electron chi connectivity index (χ0n) is 29.8. The summed E-state index contributed by atoms with van der Waals surface area (Å²) < 4.78 is 6.22. The molecule has 0 spiro atoms. The summed E-state index contributed by atoms with van der Waals surface area (Å²) in [5, 5.41) is 2.19. The number of rotatable bonds is 7. The van der Waals surface area contributed by atoms with Crippen molar-refractivity contribution in [1.29, 1.82) is 0 Å². The average Bonchev–Trinajstić information content (AvgIpc) is 3.65. The number of furan rings is 1. The van der Waals surface area contributed by atoms with E-state index in [1.807, 2.05) is 42.6 Å². The van der Waals surface area contributed by atoms with E-state index in [2.05, 4.69) is 157 Å². The molecule has 3 aromatic heterocycles. The second-order valence-electron chi connectivity index (χ2n) is 13.7. The van der Waals surface area contributed by atoms with Crippen LogP contribution in [0.1, 0.15) is 0 Å². The lowest BCUT2D eigenvalue weighted by atomic mass is 9.90. The molecular weight excluding hydrogens is 671 g/mol. The van der Waals surface area contributed by atoms with Crippen molar-refractivity contribution in [2.45, 2.75) is 0 Å². The van der Waals surface area contributed by atoms with Crippen LogP contribution in [0.15, 0.2) is 205 Å². The van der Waals surface area contributed by atoms with Crippen molar-refractivity contribution in [2.75, 3.05) is 0 Å². The van der Waals surface area contributed by atoms with E-state index in [-0.39, 0.29) is 0 Å². The molecule has 0 N–H and O–H groups in total. The van der Waals surface area contributed by atoms with Crippen molar-refractivity contribution in [3.05, 3.63) is 200 Å². The molecule has 0 unspecified atom stereocenters. The Morgan fingerprint density at radius 1 is 0.327 bits per heavy atom. The van der Waals surface area contributed by atoms with Crippen molar-refractivity contribution >= 4 is 21.9 Å². The Morgan fingerprint density at radius 3 is 1.71 bits per heavy atom. The van der Waals surface area contributed by atoms with Gasteiger partial charge >= 0.3 is 0 Å². The van der Waals surface area contributed by atoms with Gasteiger partial charge in [0.15, 0.2) is 5.82 Å². The summed E-state index contributed by atoms with van der Waals surface area (Å²) in [6, 6.07) is 65.6. The van der Waals surface area contributed by atoms with E-state index in [9.17, 15) is 0 Å². The van der Waals surface area contributed by atoms with Crippen LogP contribution in [0.4, 0.5) is 0 Å². The van der Waals surface area contributed by atoms with Gasteiger partial charge in [-0.1, -0.05) is 133 Å². The van der Waals surface area contributed by atoms with Crippen LogP contribution in [0.5, 0.6) is 0 Å². The molecule has 0 aliphatic heterocycles. The highest BCUT2D eigenvalue weighted by Gasteiger charge is 2.17. The molecule has 10 rings (SSSR count). The van der Waals surface area contributed by atoms with Crippen LogP contribution in [0, 0.1) is 0 Å². The summed E-state index contributed by atoms with van der Waals surface area (Å²) >= 11 is 0. The first-order valence-electron chi connectivity index (χ1n) is 18.4. The predicted molar refractivity (Wildman–Crippen MR) is 225 cm³/mol. The van der Waals surface area contributed by atoms with E-state index >= 15 is 0 Å². The van der Waals surface area contributed by atoms with Crippen molar-refractivity contribution in [2.24, 2.45) is 0 Å². The van der Waals surface area contributed by atoms with Gasteiger partial charge in [0, 0.05) is 45.4 Å². The first kappa shape index (κ1) is 32.2. The maximum Gasteiger partial charge on any atom is 0.160 e. The maximum absolute atomic E-state index is 6.22. The van der Waals surface area contributed by atoms with E-state index in [1.54, 1.807) is 6.20 Å². The van der Waals surface area contributed by atoms with E-state index in [0.29, 0.717) is 5.82 Å². The summed E-state index contributed by atoms with van der Waals surface area (Å²) in [4.78, 5) is 14.8. The molecule has 0 fully saturated rings. The van der Waals surface area contributed by atoms with Crippen LogP contribution in [0.25, 0.3) is 100 Å². The van der Waals surface area contributed by atoms with Crippen LogP contribution >= 0.6 is 0 Å². The average molecular weight is 704 g/mol. The highest BCUT2D eigenvalue weighted by molar-refractivity contribution is 6.06. The Labute approximate surface area is 319 Å². The number of nitrogens with zero attached hydrogens (tertiary/aromatic N) is 3. The molecule has 4 nitrogen and oxygen atoms in total. The van der Waals surface area contributed by atoms with Crippen LogP contribution in [-0.4, -0.2) is 15.0 Å². The molecule has 3 heterocycles. The number of pyridine rings is 1. The Hall–Kier alpha value is -7.43. The monoisotopic (exact) mass is 703 g/mol. The SMILES string of the molecule is c1ccc(-c2nc(-c3cccc(-c4cccnc4)c3)cc(-c3cc(-c4ccc5oc6ccccc6c5c4)cc(-c4ccccc4-c4ccccc4)c3)n2)cc1. The quantitative estimate of drug-likeness (QED) is 0.166. The third-order valence-corrected chi connectivity index (χ3v) is 10.2. The molecule has 0 saturated heterocycles. The van der Waals surface area contributed by atoms with Crippen LogP contribution < -0.4 is 0 Å². The fraction of sp³-hybridized carbons (Fsp3) is 0. The molecule has 0 atom stereocenters. The largest absolute Gasteiger partial charge is 0.456 e. The lowest BCUT2D eigenvalue weighted by Crippen LogP contribution is -1.97. The standard InChI is InChI=1S/C51H33N3O/c1-3-13-34(14-4-1)43-20-7-8-21-44(43)41-28-40(37-24-25-50-46(31-37)45-22-9-10-23-49(45)55-50)29-42(30-41)48-32-47(53-51(54-48)35-15-5-2-6-16-35)38-18-11-17-36(27-38)39-19-12-26-52-33-39/h1-33H. The molecular formula is C51H33N3O. The number of aromatic nitrogens is 3. The Kier molecular flexibility index (Phi) is 8.12. The number of hydrogen-bond donors (Lipinski definition) is 0. The van der Waals surface area contributed by atoms with Crippen LogP contribution in [0.2, 0.25) is 0 Å². The third kappa shape index (κ3) is 6.26.